The highest BCUT2D eigenvalue weighted by Crippen LogP contribution is 2.35. The molecule has 3 rings (SSSR count). The number of likely N-dealkylation sites (tertiary alicyclic amines) is 3. The molecule has 3 fully saturated rings. The van der Waals surface area contributed by atoms with Crippen LogP contribution in [0.5, 0.6) is 0 Å². The molecule has 3 nitrogen and oxygen atoms in total. The van der Waals surface area contributed by atoms with Gasteiger partial charge < -0.3 is 4.90 Å². The van der Waals surface area contributed by atoms with Crippen LogP contribution in [0.25, 0.3) is 0 Å². The lowest BCUT2D eigenvalue weighted by Crippen LogP contribution is -2.49. The fraction of sp³-hybridized carbons (Fsp3) is 1.00. The van der Waals surface area contributed by atoms with Crippen LogP contribution in [0, 0.1) is 17.8 Å². The third-order valence-electron chi connectivity index (χ3n) is 7.87. The predicted octanol–water partition coefficient (Wildman–Crippen LogP) is 4.72. The molecule has 0 aromatic heterocycles. The Morgan fingerprint density at radius 2 is 0.926 bits per heavy atom. The smallest absolute Gasteiger partial charge is 0.0125 e. The van der Waals surface area contributed by atoms with Crippen molar-refractivity contribution in [3.8, 4) is 0 Å². The van der Waals surface area contributed by atoms with E-state index in [1.54, 1.807) is 0 Å². The highest BCUT2D eigenvalue weighted by molar-refractivity contribution is 4.87. The summed E-state index contributed by atoms with van der Waals surface area (Å²) in [4.78, 5) is 8.18. The van der Waals surface area contributed by atoms with Crippen LogP contribution in [0.3, 0.4) is 0 Å². The minimum Gasteiger partial charge on any atom is -0.303 e. The van der Waals surface area contributed by atoms with Gasteiger partial charge in [-0.2, -0.15) is 0 Å². The maximum absolute atomic E-state index is 2.80. The van der Waals surface area contributed by atoms with E-state index in [4.69, 9.17) is 0 Å². The van der Waals surface area contributed by atoms with Crippen LogP contribution in [0.1, 0.15) is 80.1 Å². The molecule has 27 heavy (non-hydrogen) atoms. The van der Waals surface area contributed by atoms with Gasteiger partial charge in [-0.25, -0.2) is 0 Å². The van der Waals surface area contributed by atoms with Gasteiger partial charge in [0.25, 0.3) is 0 Å². The Balaban J connectivity index is 1.35. The average molecular weight is 378 g/mol. The average Bonchev–Trinajstić information content (AvgIpc) is 2.61. The topological polar surface area (TPSA) is 9.72 Å². The largest absolute Gasteiger partial charge is 0.303 e. The monoisotopic (exact) mass is 377 g/mol. The van der Waals surface area contributed by atoms with Crippen LogP contribution in [0.15, 0.2) is 0 Å². The maximum atomic E-state index is 2.80. The van der Waals surface area contributed by atoms with E-state index in [9.17, 15) is 0 Å². The maximum Gasteiger partial charge on any atom is 0.0125 e. The van der Waals surface area contributed by atoms with E-state index >= 15 is 0 Å². The second kappa shape index (κ2) is 8.71. The lowest BCUT2D eigenvalue weighted by Gasteiger charge is -2.45. The highest BCUT2D eigenvalue weighted by atomic mass is 15.2. The minimum absolute atomic E-state index is 0.353. The lowest BCUT2D eigenvalue weighted by atomic mass is 9.78. The Morgan fingerprint density at radius 3 is 1.33 bits per heavy atom. The first-order chi connectivity index (χ1) is 12.6. The number of hydrogen-bond acceptors (Lipinski definition) is 3. The summed E-state index contributed by atoms with van der Waals surface area (Å²) in [7, 11) is 0. The summed E-state index contributed by atoms with van der Waals surface area (Å²) in [6.45, 7) is 23.6. The van der Waals surface area contributed by atoms with Crippen molar-refractivity contribution in [1.29, 1.82) is 0 Å². The summed E-state index contributed by atoms with van der Waals surface area (Å²) in [5.41, 5.74) is 0.711. The summed E-state index contributed by atoms with van der Waals surface area (Å²) in [5, 5.41) is 0. The van der Waals surface area contributed by atoms with Gasteiger partial charge in [0.2, 0.25) is 0 Å². The molecule has 3 heteroatoms. The van der Waals surface area contributed by atoms with Gasteiger partial charge in [0, 0.05) is 17.6 Å². The van der Waals surface area contributed by atoms with Gasteiger partial charge in [0.15, 0.2) is 0 Å². The van der Waals surface area contributed by atoms with Gasteiger partial charge in [-0.05, 0) is 137 Å². The molecule has 0 atom stereocenters. The third kappa shape index (κ3) is 5.93. The summed E-state index contributed by atoms with van der Waals surface area (Å²) in [5.74, 6) is 2.95. The number of rotatable bonds is 3. The van der Waals surface area contributed by atoms with E-state index in [1.165, 1.54) is 84.3 Å². The summed E-state index contributed by atoms with van der Waals surface area (Å²) >= 11 is 0. The Labute approximate surface area is 169 Å². The Morgan fingerprint density at radius 1 is 0.556 bits per heavy atom. The van der Waals surface area contributed by atoms with Gasteiger partial charge in [-0.3, -0.25) is 9.80 Å². The zero-order chi connectivity index (χ0) is 19.7. The van der Waals surface area contributed by atoms with Crippen molar-refractivity contribution >= 4 is 0 Å². The summed E-state index contributed by atoms with van der Waals surface area (Å²) in [6.07, 6.45) is 8.60. The van der Waals surface area contributed by atoms with Gasteiger partial charge in [-0.1, -0.05) is 0 Å². The van der Waals surface area contributed by atoms with Crippen LogP contribution < -0.4 is 0 Å². The number of hydrogen-bond donors (Lipinski definition) is 0. The van der Waals surface area contributed by atoms with Crippen LogP contribution in [-0.2, 0) is 0 Å². The predicted molar refractivity (Wildman–Crippen MR) is 117 cm³/mol. The molecule has 0 saturated carbocycles. The molecule has 3 aliphatic rings. The van der Waals surface area contributed by atoms with Crippen molar-refractivity contribution in [1.82, 2.24) is 14.7 Å². The lowest BCUT2D eigenvalue weighted by molar-refractivity contribution is 0.0420. The molecule has 0 aromatic carbocycles. The Kier molecular flexibility index (Phi) is 6.97. The quantitative estimate of drug-likeness (QED) is 0.704. The second-order valence-electron chi connectivity index (χ2n) is 11.7. The molecule has 158 valence electrons. The summed E-state index contributed by atoms with van der Waals surface area (Å²) in [6, 6.07) is 0. The molecule has 0 aromatic rings. The fourth-order valence-corrected chi connectivity index (χ4v) is 5.80. The van der Waals surface area contributed by atoms with Crippen molar-refractivity contribution in [3.63, 3.8) is 0 Å². The molecule has 0 unspecified atom stereocenters. The minimum atomic E-state index is 0.353. The molecule has 0 amide bonds. The van der Waals surface area contributed by atoms with Gasteiger partial charge in [0.1, 0.15) is 0 Å². The molecule has 3 heterocycles. The Bertz CT molecular complexity index is 437. The van der Waals surface area contributed by atoms with E-state index in [-0.39, 0.29) is 0 Å². The number of piperidine rings is 3. The van der Waals surface area contributed by atoms with Crippen molar-refractivity contribution in [2.45, 2.75) is 91.1 Å². The van der Waals surface area contributed by atoms with E-state index in [2.05, 4.69) is 56.2 Å². The highest BCUT2D eigenvalue weighted by Gasteiger charge is 2.33. The molecule has 0 spiro atoms. The standard InChI is InChI=1S/C24H47N3/c1-23(2,3)26-15-7-20(8-16-26)19-25-13-9-21(10-14-25)22-11-17-27(18-12-22)24(4,5)6/h20-22H,7-19H2,1-6H3. The molecule has 3 saturated heterocycles. The van der Waals surface area contributed by atoms with Crippen molar-refractivity contribution in [2.24, 2.45) is 17.8 Å². The second-order valence-corrected chi connectivity index (χ2v) is 11.7. The van der Waals surface area contributed by atoms with Gasteiger partial charge >= 0.3 is 0 Å². The van der Waals surface area contributed by atoms with Crippen molar-refractivity contribution in [3.05, 3.63) is 0 Å². The van der Waals surface area contributed by atoms with E-state index in [0.717, 1.165) is 17.8 Å². The zero-order valence-electron chi connectivity index (χ0n) is 19.3. The molecular weight excluding hydrogens is 330 g/mol. The molecule has 3 aliphatic heterocycles. The van der Waals surface area contributed by atoms with Crippen molar-refractivity contribution in [2.75, 3.05) is 45.8 Å². The van der Waals surface area contributed by atoms with E-state index < -0.39 is 0 Å². The van der Waals surface area contributed by atoms with E-state index in [0.29, 0.717) is 11.1 Å². The number of nitrogens with zero attached hydrogens (tertiary/aromatic N) is 3. The fourth-order valence-electron chi connectivity index (χ4n) is 5.80. The van der Waals surface area contributed by atoms with Crippen LogP contribution in [0.4, 0.5) is 0 Å². The third-order valence-corrected chi connectivity index (χ3v) is 7.87. The SMILES string of the molecule is CC(C)(C)N1CCC(CN2CCC(C3CCN(C(C)(C)C)CC3)CC2)CC1. The summed E-state index contributed by atoms with van der Waals surface area (Å²) < 4.78 is 0. The van der Waals surface area contributed by atoms with Crippen LogP contribution in [-0.4, -0.2) is 71.6 Å². The molecule has 0 aliphatic carbocycles. The van der Waals surface area contributed by atoms with Gasteiger partial charge in [-0.15, -0.1) is 0 Å². The first-order valence-electron chi connectivity index (χ1n) is 11.9. The molecule has 0 radical (unpaired) electrons. The zero-order valence-corrected chi connectivity index (χ0v) is 19.3. The Hall–Kier alpha value is -0.120. The molecule has 0 N–H and O–H groups in total. The van der Waals surface area contributed by atoms with Crippen LogP contribution >= 0.6 is 0 Å². The van der Waals surface area contributed by atoms with Gasteiger partial charge in [0.05, 0.1) is 0 Å². The first-order valence-corrected chi connectivity index (χ1v) is 11.9. The molecular formula is C24H47N3. The van der Waals surface area contributed by atoms with Crippen molar-refractivity contribution < 1.29 is 0 Å². The first kappa shape index (κ1) is 21.6. The molecule has 0 bridgehead atoms. The normalized spacial score (nSPS) is 27.3. The van der Waals surface area contributed by atoms with E-state index in [1.807, 2.05) is 0 Å². The van der Waals surface area contributed by atoms with Crippen LogP contribution in [0.2, 0.25) is 0 Å².